The van der Waals surface area contributed by atoms with Gasteiger partial charge in [-0.05, 0) is 47.9 Å². The van der Waals surface area contributed by atoms with Crippen molar-refractivity contribution in [2.24, 2.45) is 11.7 Å². The number of nitrogens with one attached hydrogen (secondary N) is 1. The Morgan fingerprint density at radius 3 is 2.63 bits per heavy atom. The number of aromatic nitrogens is 1. The van der Waals surface area contributed by atoms with Crippen LogP contribution in [0.5, 0.6) is 0 Å². The molecule has 1 fully saturated rings. The second kappa shape index (κ2) is 5.01. The van der Waals surface area contributed by atoms with Gasteiger partial charge >= 0.3 is 0 Å². The minimum Gasteiger partial charge on any atom is -0.361 e. The van der Waals surface area contributed by atoms with Crippen LogP contribution in [-0.4, -0.2) is 4.98 Å². The molecule has 1 saturated carbocycles. The number of H-pyrrole nitrogens is 1. The molecule has 3 N–H and O–H groups in total. The van der Waals surface area contributed by atoms with Crippen molar-refractivity contribution < 1.29 is 0 Å². The molecule has 1 aliphatic carbocycles. The van der Waals surface area contributed by atoms with Crippen LogP contribution in [0.1, 0.15) is 62.6 Å². The van der Waals surface area contributed by atoms with E-state index in [0.29, 0.717) is 11.8 Å². The lowest BCUT2D eigenvalue weighted by Gasteiger charge is -2.18. The highest BCUT2D eigenvalue weighted by Gasteiger charge is 2.25. The van der Waals surface area contributed by atoms with E-state index in [1.165, 1.54) is 47.7 Å². The largest absolute Gasteiger partial charge is 0.361 e. The van der Waals surface area contributed by atoms with E-state index >= 15 is 0 Å². The maximum atomic E-state index is 6.52. The van der Waals surface area contributed by atoms with Gasteiger partial charge in [-0.3, -0.25) is 0 Å². The van der Waals surface area contributed by atoms with Crippen molar-refractivity contribution in [3.8, 4) is 0 Å². The van der Waals surface area contributed by atoms with Crippen LogP contribution < -0.4 is 5.73 Å². The molecule has 1 heterocycles. The number of benzene rings is 1. The van der Waals surface area contributed by atoms with Crippen LogP contribution in [0.4, 0.5) is 0 Å². The standard InChI is InChI=1S/C17H24N2/c1-11(2)13-7-8-16-14(9-13)15(10-19-16)17(18)12-5-3-4-6-12/h7-12,17,19H,3-6,18H2,1-2H3. The first-order valence-electron chi connectivity index (χ1n) is 7.53. The van der Waals surface area contributed by atoms with Crippen molar-refractivity contribution in [2.45, 2.75) is 51.5 Å². The summed E-state index contributed by atoms with van der Waals surface area (Å²) < 4.78 is 0. The van der Waals surface area contributed by atoms with Crippen molar-refractivity contribution in [1.82, 2.24) is 4.98 Å². The van der Waals surface area contributed by atoms with Gasteiger partial charge in [-0.2, -0.15) is 0 Å². The molecule has 1 aliphatic rings. The summed E-state index contributed by atoms with van der Waals surface area (Å²) in [6.45, 7) is 4.48. The third-order valence-corrected chi connectivity index (χ3v) is 4.67. The molecule has 0 aliphatic heterocycles. The number of hydrogen-bond donors (Lipinski definition) is 2. The third kappa shape index (κ3) is 2.30. The zero-order valence-electron chi connectivity index (χ0n) is 11.9. The molecule has 2 nitrogen and oxygen atoms in total. The molecule has 102 valence electrons. The molecular formula is C17H24N2. The number of aromatic amines is 1. The highest BCUT2D eigenvalue weighted by Crippen LogP contribution is 2.37. The van der Waals surface area contributed by atoms with Gasteiger partial charge in [0.25, 0.3) is 0 Å². The van der Waals surface area contributed by atoms with Crippen molar-refractivity contribution in [2.75, 3.05) is 0 Å². The molecule has 1 aromatic carbocycles. The van der Waals surface area contributed by atoms with E-state index in [4.69, 9.17) is 5.73 Å². The van der Waals surface area contributed by atoms with Crippen LogP contribution >= 0.6 is 0 Å². The van der Waals surface area contributed by atoms with Gasteiger partial charge in [-0.1, -0.05) is 32.8 Å². The lowest BCUT2D eigenvalue weighted by Crippen LogP contribution is -2.18. The normalized spacial score (nSPS) is 18.5. The molecule has 2 aromatic rings. The van der Waals surface area contributed by atoms with Crippen LogP contribution in [0.3, 0.4) is 0 Å². The van der Waals surface area contributed by atoms with Gasteiger partial charge in [0.15, 0.2) is 0 Å². The van der Waals surface area contributed by atoms with E-state index in [1.807, 2.05) is 0 Å². The summed E-state index contributed by atoms with van der Waals surface area (Å²) in [4.78, 5) is 3.38. The minimum atomic E-state index is 0.193. The van der Waals surface area contributed by atoms with Crippen molar-refractivity contribution in [3.63, 3.8) is 0 Å². The van der Waals surface area contributed by atoms with E-state index in [2.05, 4.69) is 43.2 Å². The molecule has 0 saturated heterocycles. The van der Waals surface area contributed by atoms with Crippen LogP contribution in [0.25, 0.3) is 10.9 Å². The van der Waals surface area contributed by atoms with Crippen molar-refractivity contribution >= 4 is 10.9 Å². The molecular weight excluding hydrogens is 232 g/mol. The Balaban J connectivity index is 2.00. The van der Waals surface area contributed by atoms with E-state index in [-0.39, 0.29) is 6.04 Å². The maximum Gasteiger partial charge on any atom is 0.0457 e. The summed E-state index contributed by atoms with van der Waals surface area (Å²) >= 11 is 0. The Labute approximate surface area is 115 Å². The smallest absolute Gasteiger partial charge is 0.0457 e. The summed E-state index contributed by atoms with van der Waals surface area (Å²) in [7, 11) is 0. The van der Waals surface area contributed by atoms with Crippen LogP contribution in [-0.2, 0) is 0 Å². The highest BCUT2D eigenvalue weighted by molar-refractivity contribution is 5.84. The third-order valence-electron chi connectivity index (χ3n) is 4.67. The Morgan fingerprint density at radius 1 is 1.21 bits per heavy atom. The Kier molecular flexibility index (Phi) is 3.36. The van der Waals surface area contributed by atoms with Gasteiger partial charge in [0, 0.05) is 23.1 Å². The van der Waals surface area contributed by atoms with Gasteiger partial charge < -0.3 is 10.7 Å². The van der Waals surface area contributed by atoms with E-state index in [0.717, 1.165) is 0 Å². The molecule has 1 unspecified atom stereocenters. The molecule has 0 spiro atoms. The van der Waals surface area contributed by atoms with Gasteiger partial charge in [-0.15, -0.1) is 0 Å². The lowest BCUT2D eigenvalue weighted by atomic mass is 9.91. The second-order valence-corrected chi connectivity index (χ2v) is 6.27. The minimum absolute atomic E-state index is 0.193. The zero-order valence-corrected chi connectivity index (χ0v) is 11.9. The molecule has 0 amide bonds. The van der Waals surface area contributed by atoms with Gasteiger partial charge in [-0.25, -0.2) is 0 Å². The summed E-state index contributed by atoms with van der Waals surface area (Å²) in [5, 5.41) is 1.32. The molecule has 0 bridgehead atoms. The number of hydrogen-bond acceptors (Lipinski definition) is 1. The number of nitrogens with two attached hydrogens (primary N) is 1. The van der Waals surface area contributed by atoms with Gasteiger partial charge in [0.05, 0.1) is 0 Å². The predicted molar refractivity (Wildman–Crippen MR) is 81.3 cm³/mol. The summed E-state index contributed by atoms with van der Waals surface area (Å²) in [5.74, 6) is 1.23. The van der Waals surface area contributed by atoms with Crippen LogP contribution in [0, 0.1) is 5.92 Å². The molecule has 3 rings (SSSR count). The first-order valence-corrected chi connectivity index (χ1v) is 7.53. The van der Waals surface area contributed by atoms with E-state index in [1.54, 1.807) is 0 Å². The quantitative estimate of drug-likeness (QED) is 0.835. The Morgan fingerprint density at radius 2 is 1.95 bits per heavy atom. The van der Waals surface area contributed by atoms with Crippen LogP contribution in [0.15, 0.2) is 24.4 Å². The first kappa shape index (κ1) is 12.7. The SMILES string of the molecule is CC(C)c1ccc2[nH]cc(C(N)C3CCCC3)c2c1. The summed E-state index contributed by atoms with van der Waals surface area (Å²) in [6.07, 6.45) is 7.39. The fraction of sp³-hybridized carbons (Fsp3) is 0.529. The Bertz CT molecular complexity index is 562. The number of fused-ring (bicyclic) bond motifs is 1. The second-order valence-electron chi connectivity index (χ2n) is 6.27. The fourth-order valence-corrected chi connectivity index (χ4v) is 3.37. The van der Waals surface area contributed by atoms with E-state index in [9.17, 15) is 0 Å². The Hall–Kier alpha value is -1.28. The molecule has 19 heavy (non-hydrogen) atoms. The maximum absolute atomic E-state index is 6.52. The summed E-state index contributed by atoms with van der Waals surface area (Å²) in [5.41, 5.74) is 10.4. The molecule has 1 aromatic heterocycles. The van der Waals surface area contributed by atoms with E-state index < -0.39 is 0 Å². The fourth-order valence-electron chi connectivity index (χ4n) is 3.37. The average molecular weight is 256 g/mol. The van der Waals surface area contributed by atoms with Crippen molar-refractivity contribution in [3.05, 3.63) is 35.5 Å². The predicted octanol–water partition coefficient (Wildman–Crippen LogP) is 4.48. The first-order chi connectivity index (χ1) is 9.16. The molecule has 2 heteroatoms. The average Bonchev–Trinajstić information content (AvgIpc) is 3.06. The van der Waals surface area contributed by atoms with Crippen molar-refractivity contribution in [1.29, 1.82) is 0 Å². The molecule has 0 radical (unpaired) electrons. The monoisotopic (exact) mass is 256 g/mol. The lowest BCUT2D eigenvalue weighted by molar-refractivity contribution is 0.447. The number of rotatable bonds is 3. The highest BCUT2D eigenvalue weighted by atomic mass is 14.7. The van der Waals surface area contributed by atoms with Gasteiger partial charge in [0.2, 0.25) is 0 Å². The van der Waals surface area contributed by atoms with Crippen LogP contribution in [0.2, 0.25) is 0 Å². The van der Waals surface area contributed by atoms with Gasteiger partial charge in [0.1, 0.15) is 0 Å². The molecule has 1 atom stereocenters. The zero-order chi connectivity index (χ0) is 13.4. The topological polar surface area (TPSA) is 41.8 Å². The summed E-state index contributed by atoms with van der Waals surface area (Å²) in [6, 6.07) is 6.92.